The molecule has 0 saturated heterocycles. The van der Waals surface area contributed by atoms with Crippen LogP contribution in [0.5, 0.6) is 17.2 Å². The number of thioether (sulfide) groups is 1. The van der Waals surface area contributed by atoms with Crippen LogP contribution >= 0.6 is 11.8 Å². The van der Waals surface area contributed by atoms with E-state index in [1.165, 1.54) is 11.8 Å². The Hall–Kier alpha value is -2.48. The SMILES string of the molecule is COc1cc(-c2ccc(SCC(=O)NC(C)(C)C)nn2)cc(OC)c1OC. The first-order chi connectivity index (χ1) is 12.8. The van der Waals surface area contributed by atoms with E-state index in [1.54, 1.807) is 21.3 Å². The summed E-state index contributed by atoms with van der Waals surface area (Å²) in [5, 5.41) is 12.0. The molecule has 1 aromatic heterocycles. The number of methoxy groups -OCH3 is 3. The van der Waals surface area contributed by atoms with Crippen LogP contribution < -0.4 is 19.5 Å². The minimum atomic E-state index is -0.250. The van der Waals surface area contributed by atoms with Crippen molar-refractivity contribution >= 4 is 17.7 Å². The van der Waals surface area contributed by atoms with E-state index in [4.69, 9.17) is 14.2 Å². The molecule has 1 aromatic carbocycles. The zero-order valence-electron chi connectivity index (χ0n) is 16.5. The van der Waals surface area contributed by atoms with Crippen LogP contribution in [0.2, 0.25) is 0 Å². The molecule has 0 spiro atoms. The summed E-state index contributed by atoms with van der Waals surface area (Å²) < 4.78 is 16.1. The molecule has 0 saturated carbocycles. The molecule has 2 aromatic rings. The minimum absolute atomic E-state index is 0.0389. The maximum atomic E-state index is 11.9. The number of nitrogens with zero attached hydrogens (tertiary/aromatic N) is 2. The van der Waals surface area contributed by atoms with E-state index in [-0.39, 0.29) is 17.2 Å². The molecular formula is C19H25N3O4S. The van der Waals surface area contributed by atoms with Gasteiger partial charge in [0.25, 0.3) is 0 Å². The summed E-state index contributed by atoms with van der Waals surface area (Å²) in [4.78, 5) is 11.9. The van der Waals surface area contributed by atoms with Gasteiger partial charge in [0.15, 0.2) is 11.5 Å². The second kappa shape index (κ2) is 8.94. The van der Waals surface area contributed by atoms with Gasteiger partial charge >= 0.3 is 0 Å². The summed E-state index contributed by atoms with van der Waals surface area (Å²) in [5.74, 6) is 1.86. The van der Waals surface area contributed by atoms with Crippen molar-refractivity contribution in [1.29, 1.82) is 0 Å². The number of amides is 1. The molecule has 0 aliphatic carbocycles. The quantitative estimate of drug-likeness (QED) is 0.726. The Morgan fingerprint density at radius 2 is 1.67 bits per heavy atom. The number of carbonyl (C=O) groups excluding carboxylic acids is 1. The zero-order chi connectivity index (χ0) is 20.0. The van der Waals surface area contributed by atoms with Crippen molar-refractivity contribution in [2.75, 3.05) is 27.1 Å². The number of carbonyl (C=O) groups is 1. The highest BCUT2D eigenvalue weighted by Crippen LogP contribution is 2.40. The lowest BCUT2D eigenvalue weighted by molar-refractivity contribution is -0.119. The first-order valence-corrected chi connectivity index (χ1v) is 9.34. The molecule has 7 nitrogen and oxygen atoms in total. The molecule has 0 unspecified atom stereocenters. The highest BCUT2D eigenvalue weighted by Gasteiger charge is 2.16. The van der Waals surface area contributed by atoms with Gasteiger partial charge in [0.1, 0.15) is 5.03 Å². The molecule has 0 bridgehead atoms. The van der Waals surface area contributed by atoms with Crippen LogP contribution in [0.3, 0.4) is 0 Å². The van der Waals surface area contributed by atoms with Gasteiger partial charge in [0, 0.05) is 11.1 Å². The Bertz CT molecular complexity index is 764. The second-order valence-electron chi connectivity index (χ2n) is 6.76. The summed E-state index contributed by atoms with van der Waals surface area (Å²) in [7, 11) is 4.69. The first kappa shape index (κ1) is 20.8. The molecule has 1 heterocycles. The van der Waals surface area contributed by atoms with Crippen LogP contribution in [0.4, 0.5) is 0 Å². The lowest BCUT2D eigenvalue weighted by Crippen LogP contribution is -2.41. The molecule has 0 fully saturated rings. The maximum absolute atomic E-state index is 11.9. The predicted molar refractivity (Wildman–Crippen MR) is 106 cm³/mol. The van der Waals surface area contributed by atoms with E-state index in [9.17, 15) is 4.79 Å². The van der Waals surface area contributed by atoms with E-state index in [2.05, 4.69) is 15.5 Å². The molecule has 2 rings (SSSR count). The average molecular weight is 391 g/mol. The van der Waals surface area contributed by atoms with Crippen LogP contribution in [0.25, 0.3) is 11.3 Å². The molecule has 0 radical (unpaired) electrons. The first-order valence-electron chi connectivity index (χ1n) is 8.35. The van der Waals surface area contributed by atoms with Gasteiger partial charge in [-0.25, -0.2) is 0 Å². The van der Waals surface area contributed by atoms with Gasteiger partial charge < -0.3 is 19.5 Å². The molecule has 0 atom stereocenters. The summed E-state index contributed by atoms with van der Waals surface area (Å²) in [6, 6.07) is 7.31. The monoisotopic (exact) mass is 391 g/mol. The minimum Gasteiger partial charge on any atom is -0.493 e. The fourth-order valence-corrected chi connectivity index (χ4v) is 2.99. The third kappa shape index (κ3) is 5.75. The molecule has 1 N–H and O–H groups in total. The van der Waals surface area contributed by atoms with E-state index >= 15 is 0 Å². The van der Waals surface area contributed by atoms with Gasteiger partial charge in [-0.1, -0.05) is 11.8 Å². The van der Waals surface area contributed by atoms with Gasteiger partial charge in [-0.3, -0.25) is 4.79 Å². The van der Waals surface area contributed by atoms with Crippen LogP contribution in [0.1, 0.15) is 20.8 Å². The van der Waals surface area contributed by atoms with Gasteiger partial charge in [-0.05, 0) is 45.0 Å². The van der Waals surface area contributed by atoms with Crippen LogP contribution in [-0.2, 0) is 4.79 Å². The van der Waals surface area contributed by atoms with E-state index in [0.29, 0.717) is 28.0 Å². The van der Waals surface area contributed by atoms with E-state index < -0.39 is 0 Å². The Morgan fingerprint density at radius 3 is 2.11 bits per heavy atom. The summed E-state index contributed by atoms with van der Waals surface area (Å²) >= 11 is 1.34. The van der Waals surface area contributed by atoms with Gasteiger partial charge in [-0.2, -0.15) is 0 Å². The van der Waals surface area contributed by atoms with E-state index in [1.807, 2.05) is 45.0 Å². The molecule has 8 heteroatoms. The molecule has 1 amide bonds. The topological polar surface area (TPSA) is 82.6 Å². The third-order valence-corrected chi connectivity index (χ3v) is 4.39. The molecule has 0 aliphatic rings. The highest BCUT2D eigenvalue weighted by molar-refractivity contribution is 7.99. The van der Waals surface area contributed by atoms with Crippen molar-refractivity contribution in [2.45, 2.75) is 31.3 Å². The maximum Gasteiger partial charge on any atom is 0.230 e. The number of benzene rings is 1. The van der Waals surface area contributed by atoms with Gasteiger partial charge in [0.05, 0.1) is 32.8 Å². The van der Waals surface area contributed by atoms with Crippen molar-refractivity contribution < 1.29 is 19.0 Å². The van der Waals surface area contributed by atoms with E-state index in [0.717, 1.165) is 5.56 Å². The lowest BCUT2D eigenvalue weighted by Gasteiger charge is -2.20. The number of ether oxygens (including phenoxy) is 3. The zero-order valence-corrected chi connectivity index (χ0v) is 17.3. The number of hydrogen-bond donors (Lipinski definition) is 1. The fraction of sp³-hybridized carbons (Fsp3) is 0.421. The largest absolute Gasteiger partial charge is 0.493 e. The lowest BCUT2D eigenvalue weighted by atomic mass is 10.1. The van der Waals surface area contributed by atoms with Crippen molar-refractivity contribution in [1.82, 2.24) is 15.5 Å². The summed E-state index contributed by atoms with van der Waals surface area (Å²) in [5.41, 5.74) is 1.21. The van der Waals surface area contributed by atoms with Crippen molar-refractivity contribution in [2.24, 2.45) is 0 Å². The number of aromatic nitrogens is 2. The van der Waals surface area contributed by atoms with Crippen molar-refractivity contribution in [3.8, 4) is 28.5 Å². The Balaban J connectivity index is 2.14. The normalized spacial score (nSPS) is 11.0. The molecular weight excluding hydrogens is 366 g/mol. The second-order valence-corrected chi connectivity index (χ2v) is 7.75. The Kier molecular flexibility index (Phi) is 6.90. The van der Waals surface area contributed by atoms with Crippen LogP contribution in [-0.4, -0.2) is 48.7 Å². The van der Waals surface area contributed by atoms with Crippen molar-refractivity contribution in [3.63, 3.8) is 0 Å². The summed E-state index contributed by atoms with van der Waals surface area (Å²) in [6.45, 7) is 5.84. The molecule has 0 aliphatic heterocycles. The number of hydrogen-bond acceptors (Lipinski definition) is 7. The predicted octanol–water partition coefficient (Wildman–Crippen LogP) is 3.18. The fourth-order valence-electron chi connectivity index (χ4n) is 2.37. The third-order valence-electron chi connectivity index (χ3n) is 3.47. The van der Waals surface area contributed by atoms with Crippen molar-refractivity contribution in [3.05, 3.63) is 24.3 Å². The van der Waals surface area contributed by atoms with Gasteiger partial charge in [0.2, 0.25) is 11.7 Å². The average Bonchev–Trinajstić information content (AvgIpc) is 2.64. The molecule has 27 heavy (non-hydrogen) atoms. The number of rotatable bonds is 7. The molecule has 146 valence electrons. The summed E-state index contributed by atoms with van der Waals surface area (Å²) in [6.07, 6.45) is 0. The van der Waals surface area contributed by atoms with Crippen LogP contribution in [0.15, 0.2) is 29.3 Å². The Morgan fingerprint density at radius 1 is 1.04 bits per heavy atom. The Labute approximate surface area is 163 Å². The van der Waals surface area contributed by atoms with Gasteiger partial charge in [-0.15, -0.1) is 10.2 Å². The smallest absolute Gasteiger partial charge is 0.230 e. The highest BCUT2D eigenvalue weighted by atomic mass is 32.2. The standard InChI is InChI=1S/C19H25N3O4S/c1-19(2,3)20-16(23)11-27-17-8-7-13(21-22-17)12-9-14(24-4)18(26-6)15(10-12)25-5/h7-10H,11H2,1-6H3,(H,20,23). The number of nitrogens with one attached hydrogen (secondary N) is 1. The van der Waals surface area contributed by atoms with Crippen LogP contribution in [0, 0.1) is 0 Å².